The van der Waals surface area contributed by atoms with Crippen LogP contribution in [-0.2, 0) is 0 Å². The fourth-order valence-corrected chi connectivity index (χ4v) is 2.81. The van der Waals surface area contributed by atoms with E-state index in [9.17, 15) is 43.9 Å². The van der Waals surface area contributed by atoms with Crippen molar-refractivity contribution in [1.82, 2.24) is 4.98 Å². The van der Waals surface area contributed by atoms with Gasteiger partial charge in [-0.15, -0.1) is 10.9 Å². The molecule has 2 nitrogen and oxygen atoms in total. The van der Waals surface area contributed by atoms with Crippen LogP contribution in [0.15, 0.2) is 18.2 Å². The summed E-state index contributed by atoms with van der Waals surface area (Å²) in [5.41, 5.74) is -3.51. The molecular weight excluding hydrogens is 445 g/mol. The Hall–Kier alpha value is -3.25. The molecule has 13 heteroatoms. The lowest BCUT2D eigenvalue weighted by Gasteiger charge is -2.33. The Bertz CT molecular complexity index is 1070. The minimum Gasteiger partial charge on any atom is -0.560 e. The molecule has 3 rings (SSSR count). The van der Waals surface area contributed by atoms with E-state index in [0.717, 1.165) is 6.07 Å². The Morgan fingerprint density at radius 3 is 1.29 bits per heavy atom. The van der Waals surface area contributed by atoms with Gasteiger partial charge in [0, 0.05) is 12.5 Å². The van der Waals surface area contributed by atoms with E-state index in [-0.39, 0.29) is 5.69 Å². The normalized spacial score (nSPS) is 11.4. The van der Waals surface area contributed by atoms with Gasteiger partial charge in [-0.25, -0.2) is 48.9 Å². The van der Waals surface area contributed by atoms with Crippen molar-refractivity contribution in [2.24, 2.45) is 0 Å². The SMILES string of the molecule is Cc1cccc(N[B-](c2c(F)c(F)c(F)c(F)c2F)c2c(F)c(F)c(F)c(F)c2F)n1. The summed E-state index contributed by atoms with van der Waals surface area (Å²) in [5, 5.41) is 1.98. The predicted molar refractivity (Wildman–Crippen MR) is 90.1 cm³/mol. The second-order valence-electron chi connectivity index (χ2n) is 6.21. The van der Waals surface area contributed by atoms with Crippen molar-refractivity contribution < 1.29 is 43.9 Å². The maximum absolute atomic E-state index is 14.4. The van der Waals surface area contributed by atoms with Crippen LogP contribution < -0.4 is 16.2 Å². The van der Waals surface area contributed by atoms with Crippen molar-refractivity contribution in [1.29, 1.82) is 0 Å². The van der Waals surface area contributed by atoms with Gasteiger partial charge >= 0.3 is 0 Å². The Morgan fingerprint density at radius 1 is 0.581 bits per heavy atom. The molecule has 0 aliphatic heterocycles. The van der Waals surface area contributed by atoms with Crippen LogP contribution in [0.4, 0.5) is 49.7 Å². The summed E-state index contributed by atoms with van der Waals surface area (Å²) in [7, 11) is 0. The van der Waals surface area contributed by atoms with Crippen molar-refractivity contribution in [3.05, 3.63) is 82.1 Å². The summed E-state index contributed by atoms with van der Waals surface area (Å²) in [6.45, 7) is -1.33. The van der Waals surface area contributed by atoms with Crippen molar-refractivity contribution in [3.8, 4) is 0 Å². The first-order chi connectivity index (χ1) is 14.5. The fourth-order valence-electron chi connectivity index (χ4n) is 2.81. The Labute approximate surface area is 167 Å². The lowest BCUT2D eigenvalue weighted by atomic mass is 9.49. The van der Waals surface area contributed by atoms with Crippen molar-refractivity contribution in [2.75, 3.05) is 5.23 Å². The largest absolute Gasteiger partial charge is 0.560 e. The summed E-state index contributed by atoms with van der Waals surface area (Å²) in [6, 6.07) is 3.77. The topological polar surface area (TPSA) is 24.9 Å². The van der Waals surface area contributed by atoms with Crippen LogP contribution in [0.3, 0.4) is 0 Å². The summed E-state index contributed by atoms with van der Waals surface area (Å²) in [4.78, 5) is 3.78. The molecule has 2 aromatic carbocycles. The predicted octanol–water partition coefficient (Wildman–Crippen LogP) is 4.00. The van der Waals surface area contributed by atoms with E-state index in [1.54, 1.807) is 0 Å². The van der Waals surface area contributed by atoms with Gasteiger partial charge in [-0.3, -0.25) is 0 Å². The van der Waals surface area contributed by atoms with E-state index in [2.05, 4.69) is 4.98 Å². The van der Waals surface area contributed by atoms with E-state index >= 15 is 0 Å². The zero-order valence-corrected chi connectivity index (χ0v) is 15.0. The van der Waals surface area contributed by atoms with E-state index < -0.39 is 81.8 Å². The maximum Gasteiger partial charge on any atom is 0.200 e. The highest BCUT2D eigenvalue weighted by Crippen LogP contribution is 2.21. The van der Waals surface area contributed by atoms with Gasteiger partial charge < -0.3 is 5.23 Å². The highest BCUT2D eigenvalue weighted by molar-refractivity contribution is 6.87. The summed E-state index contributed by atoms with van der Waals surface area (Å²) >= 11 is 0. The fraction of sp³-hybridized carbons (Fsp3) is 0.0556. The molecule has 0 aliphatic carbocycles. The number of anilines is 1. The molecule has 0 bridgehead atoms. The Morgan fingerprint density at radius 2 is 0.935 bits per heavy atom. The molecule has 0 saturated carbocycles. The molecule has 0 fully saturated rings. The van der Waals surface area contributed by atoms with Gasteiger partial charge in [-0.1, -0.05) is 6.07 Å². The lowest BCUT2D eigenvalue weighted by Crippen LogP contribution is -2.56. The number of nitrogens with zero attached hydrogens (tertiary/aromatic N) is 1. The molecule has 0 amide bonds. The van der Waals surface area contributed by atoms with Gasteiger partial charge in [-0.05, 0) is 19.1 Å². The highest BCUT2D eigenvalue weighted by Gasteiger charge is 2.31. The molecule has 1 radical (unpaired) electrons. The van der Waals surface area contributed by atoms with Crippen LogP contribution in [0.2, 0.25) is 0 Å². The van der Waals surface area contributed by atoms with Crippen molar-refractivity contribution in [2.45, 2.75) is 6.92 Å². The van der Waals surface area contributed by atoms with Gasteiger partial charge in [-0.2, -0.15) is 0 Å². The third-order valence-corrected chi connectivity index (χ3v) is 4.25. The van der Waals surface area contributed by atoms with Crippen LogP contribution in [-0.4, -0.2) is 11.8 Å². The molecule has 0 spiro atoms. The molecule has 163 valence electrons. The molecule has 0 aliphatic rings. The summed E-state index contributed by atoms with van der Waals surface area (Å²) in [6.07, 6.45) is 0. The van der Waals surface area contributed by atoms with Gasteiger partial charge in [0.2, 0.25) is 0 Å². The zero-order chi connectivity index (χ0) is 23.2. The number of aryl methyl sites for hydroxylation is 1. The van der Waals surface area contributed by atoms with E-state index in [1.165, 1.54) is 19.1 Å². The number of hydrogen-bond acceptors (Lipinski definition) is 2. The molecule has 1 N–H and O–H groups in total. The lowest BCUT2D eigenvalue weighted by molar-refractivity contribution is 0.382. The molecular formula is C18H7BF10N2-. The van der Waals surface area contributed by atoms with Crippen molar-refractivity contribution >= 4 is 23.6 Å². The van der Waals surface area contributed by atoms with Gasteiger partial charge in [0.15, 0.2) is 34.9 Å². The zero-order valence-electron chi connectivity index (χ0n) is 15.0. The van der Waals surface area contributed by atoms with Crippen molar-refractivity contribution in [3.63, 3.8) is 0 Å². The first-order valence-electron chi connectivity index (χ1n) is 8.20. The second kappa shape index (κ2) is 8.12. The molecule has 3 aromatic rings. The number of hydrogen-bond donors (Lipinski definition) is 1. The Balaban J connectivity index is 2.39. The average Bonchev–Trinajstić information content (AvgIpc) is 2.73. The number of nitrogens with one attached hydrogen (secondary N) is 1. The molecule has 0 unspecified atom stereocenters. The van der Waals surface area contributed by atoms with Crippen LogP contribution >= 0.6 is 0 Å². The standard InChI is InChI=1S/C18H7BF10N2/c1-5-3-2-4-6(30-5)31-19(7-9(20)13(24)17(28)14(25)10(7)21)8-11(22)15(26)18(29)16(27)12(8)23/h2-4H,1H3,(H,30,31)/q-1. The van der Waals surface area contributed by atoms with E-state index in [0.29, 0.717) is 0 Å². The average molecular weight is 452 g/mol. The van der Waals surface area contributed by atoms with E-state index in [4.69, 9.17) is 0 Å². The minimum atomic E-state index is -2.75. The first kappa shape index (κ1) is 22.4. The molecule has 0 saturated heterocycles. The molecule has 0 atom stereocenters. The first-order valence-corrected chi connectivity index (χ1v) is 8.20. The highest BCUT2D eigenvalue weighted by atomic mass is 19.2. The van der Waals surface area contributed by atoms with E-state index in [1.807, 2.05) is 5.23 Å². The quantitative estimate of drug-likeness (QED) is 0.281. The second-order valence-corrected chi connectivity index (χ2v) is 6.21. The van der Waals surface area contributed by atoms with Crippen LogP contribution in [0.5, 0.6) is 0 Å². The number of halogens is 10. The Kier molecular flexibility index (Phi) is 5.88. The number of aromatic nitrogens is 1. The maximum atomic E-state index is 14.4. The monoisotopic (exact) mass is 452 g/mol. The summed E-state index contributed by atoms with van der Waals surface area (Å²) < 4.78 is 139. The minimum absolute atomic E-state index is 0.235. The number of rotatable bonds is 4. The number of benzene rings is 2. The molecule has 1 heterocycles. The van der Waals surface area contributed by atoms with Gasteiger partial charge in [0.1, 0.15) is 23.3 Å². The van der Waals surface area contributed by atoms with Crippen LogP contribution in [0.1, 0.15) is 5.69 Å². The van der Waals surface area contributed by atoms with Gasteiger partial charge in [0.25, 0.3) is 0 Å². The van der Waals surface area contributed by atoms with Gasteiger partial charge in [0.05, 0.1) is 5.82 Å². The van der Waals surface area contributed by atoms with Crippen LogP contribution in [0.25, 0.3) is 0 Å². The third kappa shape index (κ3) is 3.68. The molecule has 31 heavy (non-hydrogen) atoms. The third-order valence-electron chi connectivity index (χ3n) is 4.25. The molecule has 1 aromatic heterocycles. The smallest absolute Gasteiger partial charge is 0.200 e. The van der Waals surface area contributed by atoms with Crippen LogP contribution in [0, 0.1) is 65.1 Å². The summed E-state index contributed by atoms with van der Waals surface area (Å²) in [5.74, 6) is -25.7. The number of pyridine rings is 1.